The molecule has 0 saturated heterocycles. The van der Waals surface area contributed by atoms with Gasteiger partial charge in [-0.25, -0.2) is 0 Å². The highest BCUT2D eigenvalue weighted by Gasteiger charge is 2.21. The molecule has 0 heterocycles. The number of rotatable bonds is 3. The van der Waals surface area contributed by atoms with Crippen molar-refractivity contribution in [2.75, 3.05) is 0 Å². The summed E-state index contributed by atoms with van der Waals surface area (Å²) in [6.45, 7) is 0. The van der Waals surface area contributed by atoms with Crippen LogP contribution in [0.1, 0.15) is 47.5 Å². The van der Waals surface area contributed by atoms with Crippen molar-refractivity contribution >= 4 is 40.6 Å². The standard InChI is InChI=1S/C13H13Cl3O/c14-11-7-9(12(17)13(15)16)5-6-10(11)8-3-1-2-4-8/h5-8,13H,1-4H2. The Balaban J connectivity index is 2.25. The number of ketones is 1. The molecule has 92 valence electrons. The third-order valence-electron chi connectivity index (χ3n) is 3.28. The SMILES string of the molecule is O=C(c1ccc(C2CCCC2)c(Cl)c1)C(Cl)Cl. The predicted molar refractivity (Wildman–Crippen MR) is 72.5 cm³/mol. The fourth-order valence-electron chi connectivity index (χ4n) is 2.37. The van der Waals surface area contributed by atoms with E-state index in [0.29, 0.717) is 16.5 Å². The highest BCUT2D eigenvalue weighted by atomic mass is 35.5. The maximum atomic E-state index is 11.6. The lowest BCUT2D eigenvalue weighted by molar-refractivity contribution is 0.101. The first kappa shape index (κ1) is 13.2. The van der Waals surface area contributed by atoms with E-state index < -0.39 is 4.84 Å². The van der Waals surface area contributed by atoms with Crippen LogP contribution in [0, 0.1) is 0 Å². The highest BCUT2D eigenvalue weighted by molar-refractivity contribution is 6.55. The van der Waals surface area contributed by atoms with E-state index >= 15 is 0 Å². The summed E-state index contributed by atoms with van der Waals surface area (Å²) in [4.78, 5) is 10.6. The van der Waals surface area contributed by atoms with Gasteiger partial charge in [0.05, 0.1) is 0 Å². The van der Waals surface area contributed by atoms with Crippen LogP contribution in [-0.2, 0) is 0 Å². The van der Waals surface area contributed by atoms with Crippen molar-refractivity contribution in [2.24, 2.45) is 0 Å². The van der Waals surface area contributed by atoms with Gasteiger partial charge in [-0.2, -0.15) is 0 Å². The molecule has 1 aliphatic rings. The number of alkyl halides is 2. The smallest absolute Gasteiger partial charge is 0.195 e. The van der Waals surface area contributed by atoms with Crippen molar-refractivity contribution in [3.63, 3.8) is 0 Å². The molecule has 1 aromatic carbocycles. The van der Waals surface area contributed by atoms with E-state index in [2.05, 4.69) is 0 Å². The fraction of sp³-hybridized carbons (Fsp3) is 0.462. The minimum absolute atomic E-state index is 0.298. The van der Waals surface area contributed by atoms with Crippen LogP contribution >= 0.6 is 34.8 Å². The summed E-state index contributed by atoms with van der Waals surface area (Å²) >= 11 is 17.3. The van der Waals surface area contributed by atoms with Gasteiger partial charge in [-0.15, -0.1) is 0 Å². The van der Waals surface area contributed by atoms with Crippen LogP contribution < -0.4 is 0 Å². The topological polar surface area (TPSA) is 17.1 Å². The largest absolute Gasteiger partial charge is 0.291 e. The van der Waals surface area contributed by atoms with Gasteiger partial charge in [0, 0.05) is 10.6 Å². The second-order valence-electron chi connectivity index (χ2n) is 4.38. The van der Waals surface area contributed by atoms with Crippen molar-refractivity contribution in [1.82, 2.24) is 0 Å². The zero-order chi connectivity index (χ0) is 12.4. The molecule has 0 radical (unpaired) electrons. The van der Waals surface area contributed by atoms with E-state index in [4.69, 9.17) is 34.8 Å². The van der Waals surface area contributed by atoms with Gasteiger partial charge in [0.2, 0.25) is 0 Å². The third kappa shape index (κ3) is 2.96. The Labute approximate surface area is 116 Å². The Morgan fingerprint density at radius 2 is 1.88 bits per heavy atom. The minimum atomic E-state index is -1.02. The molecular weight excluding hydrogens is 279 g/mol. The molecule has 0 aliphatic heterocycles. The molecule has 0 atom stereocenters. The van der Waals surface area contributed by atoms with Crippen molar-refractivity contribution in [1.29, 1.82) is 0 Å². The van der Waals surface area contributed by atoms with E-state index in [-0.39, 0.29) is 5.78 Å². The number of carbonyl (C=O) groups excluding carboxylic acids is 1. The molecule has 4 heteroatoms. The second kappa shape index (κ2) is 5.60. The highest BCUT2D eigenvalue weighted by Crippen LogP contribution is 2.37. The molecule has 1 aliphatic carbocycles. The summed E-state index contributed by atoms with van der Waals surface area (Å²) in [6.07, 6.45) is 4.88. The number of carbonyl (C=O) groups is 1. The summed E-state index contributed by atoms with van der Waals surface area (Å²) < 4.78 is 0. The van der Waals surface area contributed by atoms with Crippen molar-refractivity contribution in [3.05, 3.63) is 34.3 Å². The predicted octanol–water partition coefficient (Wildman–Crippen LogP) is 4.98. The second-order valence-corrected chi connectivity index (χ2v) is 5.89. The first-order valence-corrected chi connectivity index (χ1v) is 6.96. The van der Waals surface area contributed by atoms with Crippen LogP contribution in [0.15, 0.2) is 18.2 Å². The van der Waals surface area contributed by atoms with Crippen molar-refractivity contribution in [3.8, 4) is 0 Å². The Morgan fingerprint density at radius 1 is 1.24 bits per heavy atom. The Bertz CT molecular complexity index is 423. The average Bonchev–Trinajstić information content (AvgIpc) is 2.81. The number of benzene rings is 1. The molecule has 2 rings (SSSR count). The fourth-order valence-corrected chi connectivity index (χ4v) is 2.96. The number of hydrogen-bond donors (Lipinski definition) is 0. The van der Waals surface area contributed by atoms with Gasteiger partial charge >= 0.3 is 0 Å². The lowest BCUT2D eigenvalue weighted by Crippen LogP contribution is -2.08. The summed E-state index contributed by atoms with van der Waals surface area (Å²) in [6, 6.07) is 5.37. The Kier molecular flexibility index (Phi) is 4.35. The summed E-state index contributed by atoms with van der Waals surface area (Å²) in [5.41, 5.74) is 1.62. The molecule has 0 N–H and O–H groups in total. The van der Waals surface area contributed by atoms with Crippen LogP contribution in [0.3, 0.4) is 0 Å². The average molecular weight is 292 g/mol. The van der Waals surface area contributed by atoms with Crippen LogP contribution in [-0.4, -0.2) is 10.6 Å². The van der Waals surface area contributed by atoms with E-state index in [9.17, 15) is 4.79 Å². The maximum absolute atomic E-state index is 11.6. The Hall–Kier alpha value is -0.240. The molecule has 17 heavy (non-hydrogen) atoms. The zero-order valence-corrected chi connectivity index (χ0v) is 11.5. The lowest BCUT2D eigenvalue weighted by Gasteiger charge is -2.12. The van der Waals surface area contributed by atoms with Gasteiger partial charge in [0.15, 0.2) is 10.6 Å². The zero-order valence-electron chi connectivity index (χ0n) is 9.26. The number of hydrogen-bond acceptors (Lipinski definition) is 1. The molecule has 1 nitrogen and oxygen atoms in total. The van der Waals surface area contributed by atoms with E-state index in [1.807, 2.05) is 6.07 Å². The van der Waals surface area contributed by atoms with Crippen LogP contribution in [0.25, 0.3) is 0 Å². The Morgan fingerprint density at radius 3 is 2.41 bits per heavy atom. The van der Waals surface area contributed by atoms with Gasteiger partial charge in [-0.1, -0.05) is 59.8 Å². The van der Waals surface area contributed by atoms with E-state index in [0.717, 1.165) is 5.56 Å². The summed E-state index contributed by atoms with van der Waals surface area (Å²) in [5, 5.41) is 0.650. The first-order chi connectivity index (χ1) is 8.09. The molecular formula is C13H13Cl3O. The van der Waals surface area contributed by atoms with Crippen LogP contribution in [0.2, 0.25) is 5.02 Å². The quantitative estimate of drug-likeness (QED) is 0.567. The molecule has 0 amide bonds. The lowest BCUT2D eigenvalue weighted by atomic mass is 9.96. The van der Waals surface area contributed by atoms with Gasteiger partial charge in [-0.05, 0) is 30.4 Å². The van der Waals surface area contributed by atoms with E-state index in [1.54, 1.807) is 12.1 Å². The van der Waals surface area contributed by atoms with Crippen LogP contribution in [0.4, 0.5) is 0 Å². The summed E-state index contributed by atoms with van der Waals surface area (Å²) in [7, 11) is 0. The molecule has 1 saturated carbocycles. The number of halogens is 3. The molecule has 0 aromatic heterocycles. The maximum Gasteiger partial charge on any atom is 0.195 e. The molecule has 0 bridgehead atoms. The minimum Gasteiger partial charge on any atom is -0.291 e. The first-order valence-electron chi connectivity index (χ1n) is 5.71. The number of Topliss-reactive ketones (excluding diaryl/α,β-unsaturated/α-hetero) is 1. The van der Waals surface area contributed by atoms with Crippen molar-refractivity contribution in [2.45, 2.75) is 36.4 Å². The van der Waals surface area contributed by atoms with Crippen molar-refractivity contribution < 1.29 is 4.79 Å². The molecule has 0 spiro atoms. The molecule has 1 aromatic rings. The van der Waals surface area contributed by atoms with Gasteiger partial charge in [-0.3, -0.25) is 4.79 Å². The van der Waals surface area contributed by atoms with Gasteiger partial charge in [0.1, 0.15) is 0 Å². The summed E-state index contributed by atoms with van der Waals surface area (Å²) in [5.74, 6) is 0.239. The van der Waals surface area contributed by atoms with Gasteiger partial charge in [0.25, 0.3) is 0 Å². The molecule has 1 fully saturated rings. The third-order valence-corrected chi connectivity index (χ3v) is 4.00. The van der Waals surface area contributed by atoms with Gasteiger partial charge < -0.3 is 0 Å². The van der Waals surface area contributed by atoms with Crippen LogP contribution in [0.5, 0.6) is 0 Å². The normalized spacial score (nSPS) is 16.7. The molecule has 0 unspecified atom stereocenters. The monoisotopic (exact) mass is 290 g/mol. The van der Waals surface area contributed by atoms with E-state index in [1.165, 1.54) is 25.7 Å².